The number of piperidine rings is 1. The van der Waals surface area contributed by atoms with Crippen LogP contribution in [0.5, 0.6) is 5.75 Å². The minimum absolute atomic E-state index is 0.00739. The number of benzene rings is 2. The average Bonchev–Trinajstić information content (AvgIpc) is 3.32. The van der Waals surface area contributed by atoms with Crippen molar-refractivity contribution >= 4 is 52.7 Å². The van der Waals surface area contributed by atoms with E-state index in [-0.39, 0.29) is 60.0 Å². The van der Waals surface area contributed by atoms with Crippen LogP contribution < -0.4 is 31.3 Å². The molecule has 0 aliphatic carbocycles. The molecule has 264 valence electrons. The molecule has 5 rings (SSSR count). The quantitative estimate of drug-likeness (QED) is 0.0992. The molecule has 2 aromatic carbocycles. The Morgan fingerprint density at radius 1 is 1.06 bits per heavy atom. The monoisotopic (exact) mass is 700 g/mol. The zero-order valence-corrected chi connectivity index (χ0v) is 26.8. The Morgan fingerprint density at radius 2 is 1.82 bits per heavy atom. The molecule has 3 heterocycles. The number of ether oxygens (including phenoxy) is 1. The van der Waals surface area contributed by atoms with Gasteiger partial charge in [-0.3, -0.25) is 34.2 Å². The van der Waals surface area contributed by atoms with Crippen LogP contribution in [0.2, 0.25) is 0 Å². The van der Waals surface area contributed by atoms with Crippen LogP contribution in [0.3, 0.4) is 0 Å². The molecule has 0 saturated carbocycles. The van der Waals surface area contributed by atoms with Crippen molar-refractivity contribution in [2.45, 2.75) is 44.8 Å². The van der Waals surface area contributed by atoms with Gasteiger partial charge < -0.3 is 26.0 Å². The number of hydrogen-bond donors (Lipinski definition) is 5. The molecule has 1 atom stereocenters. The van der Waals surface area contributed by atoms with Crippen molar-refractivity contribution in [1.29, 1.82) is 0 Å². The molecule has 2 aliphatic heterocycles. The third-order valence-corrected chi connectivity index (χ3v) is 7.89. The van der Waals surface area contributed by atoms with Crippen LogP contribution in [0.15, 0.2) is 36.5 Å². The molecule has 5 N–H and O–H groups in total. The second kappa shape index (κ2) is 14.8. The number of nitrogens with one attached hydrogen (secondary N) is 5. The number of rotatable bonds is 13. The first-order chi connectivity index (χ1) is 23.8. The van der Waals surface area contributed by atoms with Gasteiger partial charge in [-0.1, -0.05) is 6.07 Å². The summed E-state index contributed by atoms with van der Waals surface area (Å²) in [5, 5.41) is 13.0. The van der Waals surface area contributed by atoms with E-state index in [1.165, 1.54) is 13.2 Å². The van der Waals surface area contributed by atoms with Gasteiger partial charge in [0, 0.05) is 44.0 Å². The first kappa shape index (κ1) is 35.5. The number of nitrogens with zero attached hydrogens (tertiary/aromatic N) is 3. The molecule has 0 radical (unpaired) electrons. The van der Waals surface area contributed by atoms with Gasteiger partial charge in [-0.05, 0) is 44.4 Å². The predicted octanol–water partition coefficient (Wildman–Crippen LogP) is 3.84. The molecule has 2 aliphatic rings. The fourth-order valence-corrected chi connectivity index (χ4v) is 5.50. The summed E-state index contributed by atoms with van der Waals surface area (Å²) in [4.78, 5) is 71.3. The maximum Gasteiger partial charge on any atom is 0.421 e. The number of methoxy groups -OCH3 is 1. The number of unbranched alkanes of at least 4 members (excludes halogenated alkanes) is 1. The Bertz CT molecular complexity index is 1850. The Kier molecular flexibility index (Phi) is 10.5. The number of carbonyl (C=O) groups is 5. The molecular formula is C32H32F4N8O6. The summed E-state index contributed by atoms with van der Waals surface area (Å²) in [7, 11) is 1.27. The molecular weight excluding hydrogens is 668 g/mol. The molecule has 1 unspecified atom stereocenters. The van der Waals surface area contributed by atoms with Crippen LogP contribution in [0.25, 0.3) is 0 Å². The summed E-state index contributed by atoms with van der Waals surface area (Å²) in [6.45, 7) is 2.25. The van der Waals surface area contributed by atoms with Crippen LogP contribution in [-0.2, 0) is 15.8 Å². The highest BCUT2D eigenvalue weighted by Gasteiger charge is 2.45. The van der Waals surface area contributed by atoms with Crippen LogP contribution >= 0.6 is 0 Å². The normalized spacial score (nSPS) is 15.8. The summed E-state index contributed by atoms with van der Waals surface area (Å²) in [5.74, 6) is -4.82. The largest absolute Gasteiger partial charge is 0.495 e. The van der Waals surface area contributed by atoms with Crippen LogP contribution in [0.4, 0.5) is 40.7 Å². The Labute approximate surface area is 282 Å². The SMILES string of the molecule is CCNc1nc(Nc2cc(F)c(C(=O)NCCCCNc3cccc4c3C(=O)N(C3CCC(=O)NC3=O)C4=O)cc2OC)ncc1C(F)(F)F. The topological polar surface area (TPSA) is 184 Å². The first-order valence-electron chi connectivity index (χ1n) is 15.5. The lowest BCUT2D eigenvalue weighted by atomic mass is 10.0. The van der Waals surface area contributed by atoms with E-state index < -0.39 is 59.0 Å². The van der Waals surface area contributed by atoms with Gasteiger partial charge in [-0.15, -0.1) is 0 Å². The number of aromatic nitrogens is 2. The van der Waals surface area contributed by atoms with Gasteiger partial charge in [-0.2, -0.15) is 18.2 Å². The Hall–Kier alpha value is -5.81. The van der Waals surface area contributed by atoms with Crippen LogP contribution in [0.1, 0.15) is 69.2 Å². The van der Waals surface area contributed by atoms with Crippen molar-refractivity contribution in [2.24, 2.45) is 0 Å². The molecule has 18 heteroatoms. The number of amides is 5. The lowest BCUT2D eigenvalue weighted by Gasteiger charge is -2.27. The van der Waals surface area contributed by atoms with Gasteiger partial charge in [0.2, 0.25) is 17.8 Å². The molecule has 50 heavy (non-hydrogen) atoms. The number of fused-ring (bicyclic) bond motifs is 1. The highest BCUT2D eigenvalue weighted by atomic mass is 19.4. The summed E-state index contributed by atoms with van der Waals surface area (Å²) in [6.07, 6.45) is -3.11. The molecule has 1 fully saturated rings. The van der Waals surface area contributed by atoms with Crippen molar-refractivity contribution in [3.05, 3.63) is 64.6 Å². The number of anilines is 4. The number of carbonyl (C=O) groups excluding carboxylic acids is 5. The molecule has 0 bridgehead atoms. The minimum Gasteiger partial charge on any atom is -0.495 e. The molecule has 14 nitrogen and oxygen atoms in total. The second-order valence-corrected chi connectivity index (χ2v) is 11.2. The van der Waals surface area contributed by atoms with Crippen molar-refractivity contribution in [3.63, 3.8) is 0 Å². The Morgan fingerprint density at radius 3 is 2.52 bits per heavy atom. The number of halogens is 4. The van der Waals surface area contributed by atoms with Gasteiger partial charge in [0.05, 0.1) is 29.5 Å². The van der Waals surface area contributed by atoms with E-state index in [2.05, 4.69) is 36.6 Å². The molecule has 3 aromatic rings. The smallest absolute Gasteiger partial charge is 0.421 e. The standard InChI is InChI=1S/C32H32F4N8O6/c1-3-37-26-18(32(34,35)36)15-40-31(43-26)41-21-14-19(33)17(13-23(21)50-2)27(46)39-12-5-4-11-38-20-8-6-7-16-25(20)30(49)44(29(16)48)22-9-10-24(45)42-28(22)47/h6-8,13-15,22,38H,3-5,9-12H2,1-2H3,(H,39,46)(H,42,45,47)(H2,37,40,41,43). The molecule has 1 saturated heterocycles. The Balaban J connectivity index is 1.15. The summed E-state index contributed by atoms with van der Waals surface area (Å²) in [5.41, 5.74) is -0.776. The van der Waals surface area contributed by atoms with E-state index in [1.807, 2.05) is 0 Å². The second-order valence-electron chi connectivity index (χ2n) is 11.2. The van der Waals surface area contributed by atoms with Crippen molar-refractivity contribution < 1.29 is 46.3 Å². The van der Waals surface area contributed by atoms with E-state index in [1.54, 1.807) is 19.1 Å². The third-order valence-electron chi connectivity index (χ3n) is 7.89. The number of alkyl halides is 3. The third kappa shape index (κ3) is 7.42. The minimum atomic E-state index is -4.70. The first-order valence-corrected chi connectivity index (χ1v) is 15.5. The highest BCUT2D eigenvalue weighted by molar-refractivity contribution is 6.25. The van der Waals surface area contributed by atoms with E-state index in [9.17, 15) is 37.1 Å². The summed E-state index contributed by atoms with van der Waals surface area (Å²) >= 11 is 0. The van der Waals surface area contributed by atoms with E-state index >= 15 is 4.39 Å². The van der Waals surface area contributed by atoms with Crippen LogP contribution in [-0.4, -0.2) is 77.2 Å². The van der Waals surface area contributed by atoms with E-state index in [0.29, 0.717) is 31.3 Å². The van der Waals surface area contributed by atoms with Crippen molar-refractivity contribution in [3.8, 4) is 5.75 Å². The number of hydrogen-bond acceptors (Lipinski definition) is 11. The maximum atomic E-state index is 15.1. The fraction of sp³-hybridized carbons (Fsp3) is 0.344. The lowest BCUT2D eigenvalue weighted by molar-refractivity contribution is -0.138. The summed E-state index contributed by atoms with van der Waals surface area (Å²) in [6, 6.07) is 5.70. The fourth-order valence-electron chi connectivity index (χ4n) is 5.50. The molecule has 1 aromatic heterocycles. The molecule has 0 spiro atoms. The molecule has 5 amide bonds. The van der Waals surface area contributed by atoms with Crippen LogP contribution in [0, 0.1) is 5.82 Å². The van der Waals surface area contributed by atoms with Gasteiger partial charge in [0.1, 0.15) is 29.0 Å². The van der Waals surface area contributed by atoms with Crippen molar-refractivity contribution in [1.82, 2.24) is 25.5 Å². The van der Waals surface area contributed by atoms with Gasteiger partial charge >= 0.3 is 6.18 Å². The van der Waals surface area contributed by atoms with Gasteiger partial charge in [0.25, 0.3) is 17.7 Å². The zero-order chi connectivity index (χ0) is 36.2. The predicted molar refractivity (Wildman–Crippen MR) is 171 cm³/mol. The zero-order valence-electron chi connectivity index (χ0n) is 26.8. The van der Waals surface area contributed by atoms with E-state index in [0.717, 1.165) is 17.0 Å². The summed E-state index contributed by atoms with van der Waals surface area (Å²) < 4.78 is 60.2. The van der Waals surface area contributed by atoms with Crippen molar-refractivity contribution in [2.75, 3.05) is 42.7 Å². The maximum absolute atomic E-state index is 15.1. The lowest BCUT2D eigenvalue weighted by Crippen LogP contribution is -2.54. The van der Waals surface area contributed by atoms with E-state index in [4.69, 9.17) is 4.74 Å². The van der Waals surface area contributed by atoms with Gasteiger partial charge in [-0.25, -0.2) is 9.37 Å². The average molecular weight is 701 g/mol. The number of imide groups is 2. The highest BCUT2D eigenvalue weighted by Crippen LogP contribution is 2.36. The van der Waals surface area contributed by atoms with Gasteiger partial charge in [0.15, 0.2) is 0 Å².